The van der Waals surface area contributed by atoms with Gasteiger partial charge >= 0.3 is 0 Å². The molecule has 18 heavy (non-hydrogen) atoms. The SMILES string of the molecule is CC1CCN(S(=O)(=O)c2cc(CCl)ccc2Cl)C1. The number of rotatable bonds is 3. The molecule has 0 saturated carbocycles. The summed E-state index contributed by atoms with van der Waals surface area (Å²) >= 11 is 11.7. The summed E-state index contributed by atoms with van der Waals surface area (Å²) in [6.07, 6.45) is 0.895. The van der Waals surface area contributed by atoms with Crippen molar-refractivity contribution in [1.29, 1.82) is 0 Å². The van der Waals surface area contributed by atoms with Crippen molar-refractivity contribution in [3.63, 3.8) is 0 Å². The van der Waals surface area contributed by atoms with Gasteiger partial charge in [0.25, 0.3) is 0 Å². The fraction of sp³-hybridized carbons (Fsp3) is 0.500. The van der Waals surface area contributed by atoms with Gasteiger partial charge in [-0.15, -0.1) is 11.6 Å². The van der Waals surface area contributed by atoms with E-state index in [4.69, 9.17) is 23.2 Å². The third-order valence-corrected chi connectivity index (χ3v) is 5.81. The third-order valence-electron chi connectivity index (χ3n) is 3.15. The summed E-state index contributed by atoms with van der Waals surface area (Å²) in [6, 6.07) is 4.89. The summed E-state index contributed by atoms with van der Waals surface area (Å²) in [6.45, 7) is 3.17. The molecule has 0 spiro atoms. The highest BCUT2D eigenvalue weighted by Gasteiger charge is 2.32. The number of nitrogens with zero attached hydrogens (tertiary/aromatic N) is 1. The minimum atomic E-state index is -3.49. The fourth-order valence-corrected chi connectivity index (χ4v) is 4.35. The fourth-order valence-electron chi connectivity index (χ4n) is 2.08. The van der Waals surface area contributed by atoms with Crippen molar-refractivity contribution in [2.24, 2.45) is 5.92 Å². The largest absolute Gasteiger partial charge is 0.244 e. The van der Waals surface area contributed by atoms with Crippen LogP contribution in [0.2, 0.25) is 5.02 Å². The number of alkyl halides is 1. The van der Waals surface area contributed by atoms with Gasteiger partial charge in [0, 0.05) is 19.0 Å². The summed E-state index contributed by atoms with van der Waals surface area (Å²) in [5.41, 5.74) is 0.756. The van der Waals surface area contributed by atoms with Crippen molar-refractivity contribution in [1.82, 2.24) is 4.31 Å². The Morgan fingerprint density at radius 3 is 2.72 bits per heavy atom. The van der Waals surface area contributed by atoms with Crippen LogP contribution in [-0.4, -0.2) is 25.8 Å². The molecule has 1 heterocycles. The van der Waals surface area contributed by atoms with Crippen molar-refractivity contribution >= 4 is 33.2 Å². The summed E-state index contributed by atoms with van der Waals surface area (Å²) in [4.78, 5) is 0.163. The molecule has 1 saturated heterocycles. The maximum atomic E-state index is 12.5. The molecule has 1 fully saturated rings. The lowest BCUT2D eigenvalue weighted by molar-refractivity contribution is 0.464. The molecule has 1 unspecified atom stereocenters. The first-order chi connectivity index (χ1) is 8.45. The standard InChI is InChI=1S/C12H15Cl2NO2S/c1-9-4-5-15(8-9)18(16,17)12-6-10(7-13)2-3-11(12)14/h2-3,6,9H,4-5,7-8H2,1H3. The minimum Gasteiger partial charge on any atom is -0.207 e. The van der Waals surface area contributed by atoms with Crippen LogP contribution in [0.15, 0.2) is 23.1 Å². The van der Waals surface area contributed by atoms with Gasteiger partial charge in [-0.05, 0) is 30.0 Å². The molecule has 1 aromatic carbocycles. The van der Waals surface area contributed by atoms with Crippen LogP contribution in [0.5, 0.6) is 0 Å². The van der Waals surface area contributed by atoms with Crippen molar-refractivity contribution < 1.29 is 8.42 Å². The van der Waals surface area contributed by atoms with E-state index in [1.165, 1.54) is 4.31 Å². The summed E-state index contributed by atoms with van der Waals surface area (Å²) in [5.74, 6) is 0.672. The van der Waals surface area contributed by atoms with E-state index in [9.17, 15) is 8.42 Å². The molecule has 0 radical (unpaired) electrons. The molecule has 6 heteroatoms. The van der Waals surface area contributed by atoms with Crippen molar-refractivity contribution in [3.8, 4) is 0 Å². The first-order valence-electron chi connectivity index (χ1n) is 5.79. The topological polar surface area (TPSA) is 37.4 Å². The highest BCUT2D eigenvalue weighted by atomic mass is 35.5. The van der Waals surface area contributed by atoms with E-state index in [0.717, 1.165) is 12.0 Å². The second-order valence-corrected chi connectivity index (χ2v) is 7.24. The predicted molar refractivity (Wildman–Crippen MR) is 73.5 cm³/mol. The van der Waals surface area contributed by atoms with Gasteiger partial charge in [0.1, 0.15) is 4.90 Å². The molecule has 1 atom stereocenters. The highest BCUT2D eigenvalue weighted by molar-refractivity contribution is 7.89. The molecular weight excluding hydrogens is 293 g/mol. The zero-order valence-electron chi connectivity index (χ0n) is 10.1. The Labute approximate surface area is 118 Å². The lowest BCUT2D eigenvalue weighted by atomic mass is 10.2. The van der Waals surface area contributed by atoms with Gasteiger partial charge in [-0.25, -0.2) is 8.42 Å². The second-order valence-electron chi connectivity index (χ2n) is 4.66. The van der Waals surface area contributed by atoms with Crippen LogP contribution in [0, 0.1) is 5.92 Å². The summed E-state index contributed by atoms with van der Waals surface area (Å²) in [7, 11) is -3.49. The number of hydrogen-bond acceptors (Lipinski definition) is 2. The molecule has 0 amide bonds. The van der Waals surface area contributed by atoms with Gasteiger partial charge in [-0.1, -0.05) is 24.6 Å². The van der Waals surface area contributed by atoms with E-state index in [1.807, 2.05) is 6.92 Å². The Kier molecular flexibility index (Phi) is 4.22. The number of sulfonamides is 1. The third kappa shape index (κ3) is 2.67. The van der Waals surface area contributed by atoms with Crippen molar-refractivity contribution in [2.75, 3.05) is 13.1 Å². The lowest BCUT2D eigenvalue weighted by Gasteiger charge is -2.17. The molecule has 2 rings (SSSR count). The number of hydrogen-bond donors (Lipinski definition) is 0. The molecule has 100 valence electrons. The van der Waals surface area contributed by atoms with E-state index in [0.29, 0.717) is 19.0 Å². The Morgan fingerprint density at radius 1 is 1.44 bits per heavy atom. The van der Waals surface area contributed by atoms with Gasteiger partial charge in [0.05, 0.1) is 5.02 Å². The molecule has 0 aromatic heterocycles. The molecular formula is C12H15Cl2NO2S. The quantitative estimate of drug-likeness (QED) is 0.805. The van der Waals surface area contributed by atoms with Crippen LogP contribution in [0.25, 0.3) is 0 Å². The van der Waals surface area contributed by atoms with Crippen LogP contribution >= 0.6 is 23.2 Å². The first-order valence-corrected chi connectivity index (χ1v) is 8.15. The van der Waals surface area contributed by atoms with Gasteiger partial charge in [-0.3, -0.25) is 0 Å². The first kappa shape index (κ1) is 14.1. The highest BCUT2D eigenvalue weighted by Crippen LogP contribution is 2.29. The lowest BCUT2D eigenvalue weighted by Crippen LogP contribution is -2.29. The number of halogens is 2. The Morgan fingerprint density at radius 2 is 2.17 bits per heavy atom. The van der Waals surface area contributed by atoms with E-state index in [2.05, 4.69) is 0 Å². The van der Waals surface area contributed by atoms with Gasteiger partial charge in [0.2, 0.25) is 10.0 Å². The van der Waals surface area contributed by atoms with Crippen LogP contribution in [0.1, 0.15) is 18.9 Å². The monoisotopic (exact) mass is 307 g/mol. The molecule has 0 N–H and O–H groups in total. The van der Waals surface area contributed by atoms with Gasteiger partial charge in [0.15, 0.2) is 0 Å². The molecule has 0 aliphatic carbocycles. The van der Waals surface area contributed by atoms with Crippen molar-refractivity contribution in [3.05, 3.63) is 28.8 Å². The average Bonchev–Trinajstić information content (AvgIpc) is 2.77. The Hall–Kier alpha value is -0.290. The van der Waals surface area contributed by atoms with Gasteiger partial charge in [-0.2, -0.15) is 4.31 Å². The smallest absolute Gasteiger partial charge is 0.207 e. The van der Waals surface area contributed by atoms with E-state index in [1.54, 1.807) is 18.2 Å². The zero-order chi connectivity index (χ0) is 13.3. The average molecular weight is 308 g/mol. The Bertz CT molecular complexity index is 545. The summed E-state index contributed by atoms with van der Waals surface area (Å²) in [5, 5.41) is 0.253. The van der Waals surface area contributed by atoms with Crippen molar-refractivity contribution in [2.45, 2.75) is 24.1 Å². The molecule has 1 aromatic rings. The van der Waals surface area contributed by atoms with Gasteiger partial charge < -0.3 is 0 Å². The molecule has 3 nitrogen and oxygen atoms in total. The Balaban J connectivity index is 2.40. The predicted octanol–water partition coefficient (Wildman–Crippen LogP) is 3.11. The second kappa shape index (κ2) is 5.37. The minimum absolute atomic E-state index is 0.163. The van der Waals surface area contributed by atoms with Crippen LogP contribution in [-0.2, 0) is 15.9 Å². The molecule has 1 aliphatic heterocycles. The van der Waals surface area contributed by atoms with Crippen LogP contribution in [0.3, 0.4) is 0 Å². The van der Waals surface area contributed by atoms with E-state index < -0.39 is 10.0 Å². The van der Waals surface area contributed by atoms with Crippen LogP contribution in [0.4, 0.5) is 0 Å². The number of benzene rings is 1. The molecule has 0 bridgehead atoms. The summed E-state index contributed by atoms with van der Waals surface area (Å²) < 4.78 is 26.4. The zero-order valence-corrected chi connectivity index (χ0v) is 12.4. The maximum Gasteiger partial charge on any atom is 0.244 e. The van der Waals surface area contributed by atoms with E-state index >= 15 is 0 Å². The van der Waals surface area contributed by atoms with E-state index in [-0.39, 0.29) is 15.8 Å². The maximum absolute atomic E-state index is 12.5. The normalized spacial score (nSPS) is 21.4. The molecule has 1 aliphatic rings. The van der Waals surface area contributed by atoms with Crippen LogP contribution < -0.4 is 0 Å².